The number of halogens is 2. The molecule has 5 aromatic rings. The molecule has 0 aliphatic heterocycles. The fourth-order valence-electron chi connectivity index (χ4n) is 4.44. The lowest BCUT2D eigenvalue weighted by Crippen LogP contribution is -3.00. The molecule has 0 radical (unpaired) electrons. The Balaban J connectivity index is 0.00000242. The number of hydrogen-bond donors (Lipinski definition) is 2. The Hall–Kier alpha value is -3.85. The van der Waals surface area contributed by atoms with Crippen LogP contribution in [0.3, 0.4) is 0 Å². The van der Waals surface area contributed by atoms with Crippen LogP contribution >= 0.6 is 0 Å². The monoisotopic (exact) mass is 785 g/mol. The zero-order valence-electron chi connectivity index (χ0n) is 23.0. The number of carbonyl (C=O) groups excluding carboxylic acids is 2. The highest BCUT2D eigenvalue weighted by Gasteiger charge is 2.12. The summed E-state index contributed by atoms with van der Waals surface area (Å²) in [5.74, 6) is -1.06. The Bertz CT molecular complexity index is 1660. The van der Waals surface area contributed by atoms with Gasteiger partial charge >= 0.3 is 0 Å². The maximum atomic E-state index is 12.6. The van der Waals surface area contributed by atoms with Crippen molar-refractivity contribution in [3.8, 4) is 0 Å². The van der Waals surface area contributed by atoms with E-state index in [-0.39, 0.29) is 59.3 Å². The molecule has 9 nitrogen and oxygen atoms in total. The third kappa shape index (κ3) is 7.70. The van der Waals surface area contributed by atoms with Crippen LogP contribution in [0.25, 0.3) is 21.8 Å². The van der Waals surface area contributed by atoms with Gasteiger partial charge in [-0.25, -0.2) is 15.8 Å². The molecular weight excluding hydrogens is 756 g/mol. The van der Waals surface area contributed by atoms with Crippen LogP contribution in [0.2, 0.25) is 0 Å². The molecule has 0 aliphatic rings. The van der Waals surface area contributed by atoms with Gasteiger partial charge in [-0.3, -0.25) is 9.59 Å². The first kappa shape index (κ1) is 32.7. The predicted octanol–water partition coefficient (Wildman–Crippen LogP) is -2.46. The summed E-state index contributed by atoms with van der Waals surface area (Å²) >= 11 is 0. The fourth-order valence-corrected chi connectivity index (χ4v) is 4.44. The zero-order chi connectivity index (χ0) is 27.9. The molecule has 2 amide bonds. The molecule has 0 unspecified atom stereocenters. The minimum atomic E-state index is -0.528. The molecule has 5 rings (SSSR count). The number of aryl methyl sites for hydroxylation is 2. The van der Waals surface area contributed by atoms with E-state index in [0.717, 1.165) is 46.0 Å². The van der Waals surface area contributed by atoms with Crippen LogP contribution in [0.1, 0.15) is 46.0 Å². The molecular formula is C31H29I2N7O2. The van der Waals surface area contributed by atoms with E-state index in [2.05, 4.69) is 49.0 Å². The average Bonchev–Trinajstić information content (AvgIpc) is 3.00. The molecule has 0 atom stereocenters. The molecule has 0 saturated carbocycles. The summed E-state index contributed by atoms with van der Waals surface area (Å²) in [5.41, 5.74) is 9.00. The van der Waals surface area contributed by atoms with Crippen LogP contribution in [0, 0.1) is 0 Å². The van der Waals surface area contributed by atoms with Gasteiger partial charge < -0.3 is 48.0 Å². The minimum absolute atomic E-state index is 0. The van der Waals surface area contributed by atoms with Gasteiger partial charge in [0.25, 0.3) is 11.8 Å². The number of fused-ring (bicyclic) bond motifs is 2. The van der Waals surface area contributed by atoms with Gasteiger partial charge in [-0.1, -0.05) is 6.07 Å². The highest BCUT2D eigenvalue weighted by atomic mass is 127. The van der Waals surface area contributed by atoms with Crippen LogP contribution in [-0.2, 0) is 13.1 Å². The molecule has 0 aliphatic carbocycles. The number of rotatable bonds is 8. The van der Waals surface area contributed by atoms with E-state index in [1.807, 2.05) is 73.1 Å². The van der Waals surface area contributed by atoms with Crippen molar-refractivity contribution in [1.82, 2.24) is 15.8 Å². The van der Waals surface area contributed by atoms with Crippen molar-refractivity contribution in [2.75, 3.05) is 0 Å². The van der Waals surface area contributed by atoms with Crippen molar-refractivity contribution in [3.63, 3.8) is 0 Å². The summed E-state index contributed by atoms with van der Waals surface area (Å²) in [4.78, 5) is 29.4. The molecule has 0 fully saturated rings. The van der Waals surface area contributed by atoms with E-state index in [4.69, 9.17) is 0 Å². The molecule has 2 aromatic carbocycles. The van der Waals surface area contributed by atoms with Crippen LogP contribution < -0.4 is 67.9 Å². The number of nitrogens with one attached hydrogen (secondary N) is 2. The highest BCUT2D eigenvalue weighted by molar-refractivity contribution is 5.97. The summed E-state index contributed by atoms with van der Waals surface area (Å²) in [6, 6.07) is 24.6. The molecule has 214 valence electrons. The summed E-state index contributed by atoms with van der Waals surface area (Å²) in [6.45, 7) is 5.94. The van der Waals surface area contributed by atoms with E-state index >= 15 is 0 Å². The van der Waals surface area contributed by atoms with Crippen LogP contribution in [-0.4, -0.2) is 29.2 Å². The first-order valence-electron chi connectivity index (χ1n) is 13.0. The largest absolute Gasteiger partial charge is 1.00 e. The summed E-state index contributed by atoms with van der Waals surface area (Å²) in [7, 11) is 0. The quantitative estimate of drug-likeness (QED) is 0.0791. The minimum Gasteiger partial charge on any atom is -1.00 e. The normalized spacial score (nSPS) is 10.9. The Morgan fingerprint density at radius 1 is 0.690 bits per heavy atom. The van der Waals surface area contributed by atoms with Crippen molar-refractivity contribution >= 4 is 46.0 Å². The standard InChI is InChI=1S/C31H27N7O2.2HI/c1-3-37-16-6-8-24-18-22(12-14-28(24)37)20-32-35-30(39)26-10-5-11-27(34-26)31(40)36-33-21-23-13-15-29-25(19-23)9-7-17-38(29)4-2;;/h5-21H,3-4H2,1-2H3;2*1H/b32-20+,33-21+;;. The maximum Gasteiger partial charge on any atom is 0.289 e. The highest BCUT2D eigenvalue weighted by Crippen LogP contribution is 2.12. The second-order valence-electron chi connectivity index (χ2n) is 9.03. The summed E-state index contributed by atoms with van der Waals surface area (Å²) in [5, 5.41) is 10.3. The van der Waals surface area contributed by atoms with E-state index in [9.17, 15) is 9.59 Å². The van der Waals surface area contributed by atoms with Crippen molar-refractivity contribution < 1.29 is 66.7 Å². The smallest absolute Gasteiger partial charge is 0.289 e. The average molecular weight is 785 g/mol. The number of carbonyl (C=O) groups is 2. The van der Waals surface area contributed by atoms with Gasteiger partial charge in [-0.2, -0.15) is 19.3 Å². The molecule has 0 bridgehead atoms. The van der Waals surface area contributed by atoms with Gasteiger partial charge in [0.1, 0.15) is 24.5 Å². The lowest BCUT2D eigenvalue weighted by molar-refractivity contribution is -0.668. The Labute approximate surface area is 277 Å². The number of hydrogen-bond acceptors (Lipinski definition) is 5. The van der Waals surface area contributed by atoms with E-state index in [1.54, 1.807) is 18.5 Å². The first-order chi connectivity index (χ1) is 19.6. The lowest BCUT2D eigenvalue weighted by atomic mass is 10.1. The number of amides is 2. The number of nitrogens with zero attached hydrogens (tertiary/aromatic N) is 5. The summed E-state index contributed by atoms with van der Waals surface area (Å²) in [6.07, 6.45) is 7.21. The topological polar surface area (TPSA) is 104 Å². The molecule has 42 heavy (non-hydrogen) atoms. The van der Waals surface area contributed by atoms with Crippen molar-refractivity contribution in [1.29, 1.82) is 0 Å². The second kappa shape index (κ2) is 15.4. The molecule has 3 aromatic heterocycles. The fraction of sp³-hybridized carbons (Fsp3) is 0.129. The molecule has 11 heteroatoms. The number of hydrazone groups is 2. The summed E-state index contributed by atoms with van der Waals surface area (Å²) < 4.78 is 4.31. The van der Waals surface area contributed by atoms with Crippen LogP contribution in [0.4, 0.5) is 0 Å². The van der Waals surface area contributed by atoms with Crippen LogP contribution in [0.5, 0.6) is 0 Å². The zero-order valence-corrected chi connectivity index (χ0v) is 27.4. The Morgan fingerprint density at radius 3 is 1.57 bits per heavy atom. The Morgan fingerprint density at radius 2 is 1.14 bits per heavy atom. The van der Waals surface area contributed by atoms with E-state index in [1.165, 1.54) is 12.1 Å². The van der Waals surface area contributed by atoms with E-state index in [0.29, 0.717) is 0 Å². The predicted molar refractivity (Wildman–Crippen MR) is 154 cm³/mol. The molecule has 3 heterocycles. The van der Waals surface area contributed by atoms with Gasteiger partial charge in [0, 0.05) is 35.0 Å². The molecule has 0 saturated heterocycles. The van der Waals surface area contributed by atoms with Gasteiger partial charge in [0.15, 0.2) is 12.4 Å². The SMILES string of the molecule is CC[n+]1cccc2cc(/C=N/NC(=O)c3cccc(C(=O)N/N=C/c4ccc5c(ccc[n+]5CC)c4)n3)ccc21.[I-].[I-]. The van der Waals surface area contributed by atoms with Crippen LogP contribution in [0.15, 0.2) is 101 Å². The molecule has 2 N–H and O–H groups in total. The maximum absolute atomic E-state index is 12.6. The number of aromatic nitrogens is 3. The van der Waals surface area contributed by atoms with Gasteiger partial charge in [-0.05, 0) is 73.5 Å². The van der Waals surface area contributed by atoms with Gasteiger partial charge in [0.05, 0.1) is 12.4 Å². The van der Waals surface area contributed by atoms with E-state index < -0.39 is 11.8 Å². The number of pyridine rings is 3. The second-order valence-corrected chi connectivity index (χ2v) is 9.03. The van der Waals surface area contributed by atoms with Gasteiger partial charge in [-0.15, -0.1) is 0 Å². The number of benzene rings is 2. The lowest BCUT2D eigenvalue weighted by Gasteiger charge is -2.03. The molecule has 0 spiro atoms. The van der Waals surface area contributed by atoms with Gasteiger partial charge in [0.2, 0.25) is 11.0 Å². The Kier molecular flexibility index (Phi) is 12.0. The first-order valence-corrected chi connectivity index (χ1v) is 13.0. The third-order valence-electron chi connectivity index (χ3n) is 6.46. The van der Waals surface area contributed by atoms with Crippen molar-refractivity contribution in [3.05, 3.63) is 114 Å². The third-order valence-corrected chi connectivity index (χ3v) is 6.46. The van der Waals surface area contributed by atoms with Crippen molar-refractivity contribution in [2.24, 2.45) is 10.2 Å². The van der Waals surface area contributed by atoms with Crippen molar-refractivity contribution in [2.45, 2.75) is 26.9 Å².